The van der Waals surface area contributed by atoms with Crippen molar-refractivity contribution < 1.29 is 23.8 Å². The van der Waals surface area contributed by atoms with Crippen molar-refractivity contribution in [3.8, 4) is 17.2 Å². The largest absolute Gasteiger partial charge is 0.493 e. The summed E-state index contributed by atoms with van der Waals surface area (Å²) in [6.45, 7) is 2.54. The third-order valence-corrected chi connectivity index (χ3v) is 6.44. The number of piperazine rings is 1. The predicted molar refractivity (Wildman–Crippen MR) is 151 cm³/mol. The first-order valence-electron chi connectivity index (χ1n) is 12.1. The molecule has 2 amide bonds. The zero-order valence-electron chi connectivity index (χ0n) is 21.5. The number of methoxy groups -OCH3 is 3. The number of ether oxygens (including phenoxy) is 3. The van der Waals surface area contributed by atoms with Gasteiger partial charge in [0.05, 0.1) is 32.7 Å². The van der Waals surface area contributed by atoms with E-state index in [1.807, 2.05) is 59.5 Å². The van der Waals surface area contributed by atoms with E-state index in [2.05, 4.69) is 15.5 Å². The summed E-state index contributed by atoms with van der Waals surface area (Å²) in [7, 11) is 4.47. The SMILES string of the molecule is COc1cc(C(=O)NC(=S)Nc2ccccc2N2CCN(C(=O)c3ccccc3)CC2)cc(OC)c1OC. The summed E-state index contributed by atoms with van der Waals surface area (Å²) >= 11 is 5.45. The van der Waals surface area contributed by atoms with Gasteiger partial charge in [-0.3, -0.25) is 14.9 Å². The Morgan fingerprint density at radius 3 is 2.00 bits per heavy atom. The number of nitrogens with zero attached hydrogens (tertiary/aromatic N) is 2. The minimum absolute atomic E-state index is 0.0346. The van der Waals surface area contributed by atoms with E-state index in [4.69, 9.17) is 26.4 Å². The molecule has 0 atom stereocenters. The Bertz CT molecular complexity index is 1280. The number of nitrogens with one attached hydrogen (secondary N) is 2. The van der Waals surface area contributed by atoms with E-state index < -0.39 is 5.91 Å². The van der Waals surface area contributed by atoms with Crippen molar-refractivity contribution >= 4 is 40.5 Å². The summed E-state index contributed by atoms with van der Waals surface area (Å²) in [6, 6.07) is 20.1. The quantitative estimate of drug-likeness (QED) is 0.443. The molecular weight excluding hydrogens is 504 g/mol. The van der Waals surface area contributed by atoms with Gasteiger partial charge in [0.2, 0.25) is 5.75 Å². The van der Waals surface area contributed by atoms with Crippen LogP contribution >= 0.6 is 12.2 Å². The maximum absolute atomic E-state index is 12.9. The highest BCUT2D eigenvalue weighted by Crippen LogP contribution is 2.38. The van der Waals surface area contributed by atoms with E-state index in [1.165, 1.54) is 21.3 Å². The maximum Gasteiger partial charge on any atom is 0.257 e. The smallest absolute Gasteiger partial charge is 0.257 e. The van der Waals surface area contributed by atoms with Crippen molar-refractivity contribution in [2.75, 3.05) is 57.7 Å². The highest BCUT2D eigenvalue weighted by Gasteiger charge is 2.24. The number of hydrogen-bond donors (Lipinski definition) is 2. The topological polar surface area (TPSA) is 92.4 Å². The Balaban J connectivity index is 1.41. The molecule has 3 aromatic rings. The van der Waals surface area contributed by atoms with E-state index in [0.29, 0.717) is 54.6 Å². The summed E-state index contributed by atoms with van der Waals surface area (Å²) in [5.41, 5.74) is 2.68. The van der Waals surface area contributed by atoms with Crippen LogP contribution in [0.25, 0.3) is 0 Å². The summed E-state index contributed by atoms with van der Waals surface area (Å²) in [6.07, 6.45) is 0. The van der Waals surface area contributed by atoms with Crippen LogP contribution in [0.4, 0.5) is 11.4 Å². The number of hydrogen-bond acceptors (Lipinski definition) is 7. The van der Waals surface area contributed by atoms with Gasteiger partial charge in [-0.05, 0) is 48.6 Å². The lowest BCUT2D eigenvalue weighted by Crippen LogP contribution is -2.49. The zero-order chi connectivity index (χ0) is 27.1. The summed E-state index contributed by atoms with van der Waals surface area (Å²) in [4.78, 5) is 29.8. The molecule has 38 heavy (non-hydrogen) atoms. The highest BCUT2D eigenvalue weighted by molar-refractivity contribution is 7.80. The monoisotopic (exact) mass is 534 g/mol. The molecule has 0 spiro atoms. The molecular formula is C28H30N4O5S. The van der Waals surface area contributed by atoms with Crippen molar-refractivity contribution in [3.05, 3.63) is 77.9 Å². The Kier molecular flexibility index (Phi) is 8.65. The molecule has 1 fully saturated rings. The Morgan fingerprint density at radius 1 is 0.789 bits per heavy atom. The average molecular weight is 535 g/mol. The van der Waals surface area contributed by atoms with Gasteiger partial charge in [-0.1, -0.05) is 30.3 Å². The van der Waals surface area contributed by atoms with Gasteiger partial charge < -0.3 is 29.3 Å². The van der Waals surface area contributed by atoms with Crippen LogP contribution < -0.4 is 29.7 Å². The molecule has 9 nitrogen and oxygen atoms in total. The lowest BCUT2D eigenvalue weighted by molar-refractivity contribution is 0.0746. The summed E-state index contributed by atoms with van der Waals surface area (Å²) in [5.74, 6) is 0.739. The van der Waals surface area contributed by atoms with Crippen LogP contribution in [0.15, 0.2) is 66.7 Å². The second-order valence-electron chi connectivity index (χ2n) is 8.48. The van der Waals surface area contributed by atoms with Gasteiger partial charge in [0.25, 0.3) is 11.8 Å². The molecule has 0 aliphatic carbocycles. The normalized spacial score (nSPS) is 12.9. The van der Waals surface area contributed by atoms with Crippen molar-refractivity contribution in [1.82, 2.24) is 10.2 Å². The van der Waals surface area contributed by atoms with Crippen LogP contribution in [0, 0.1) is 0 Å². The van der Waals surface area contributed by atoms with E-state index in [1.54, 1.807) is 12.1 Å². The minimum atomic E-state index is -0.424. The van der Waals surface area contributed by atoms with E-state index in [9.17, 15) is 9.59 Å². The van der Waals surface area contributed by atoms with E-state index >= 15 is 0 Å². The van der Waals surface area contributed by atoms with Gasteiger partial charge >= 0.3 is 0 Å². The molecule has 198 valence electrons. The molecule has 0 saturated carbocycles. The minimum Gasteiger partial charge on any atom is -0.493 e. The van der Waals surface area contributed by atoms with Gasteiger partial charge in [-0.2, -0.15) is 0 Å². The number of carbonyl (C=O) groups excluding carboxylic acids is 2. The fraction of sp³-hybridized carbons (Fsp3) is 0.250. The van der Waals surface area contributed by atoms with E-state index in [-0.39, 0.29) is 11.0 Å². The molecule has 0 aromatic heterocycles. The number of carbonyl (C=O) groups is 2. The maximum atomic E-state index is 12.9. The molecule has 1 heterocycles. The molecule has 0 radical (unpaired) electrons. The lowest BCUT2D eigenvalue weighted by Gasteiger charge is -2.37. The van der Waals surface area contributed by atoms with Crippen LogP contribution in [-0.2, 0) is 0 Å². The first-order valence-corrected chi connectivity index (χ1v) is 12.5. The molecule has 0 unspecified atom stereocenters. The molecule has 1 saturated heterocycles. The average Bonchev–Trinajstić information content (AvgIpc) is 2.96. The second-order valence-corrected chi connectivity index (χ2v) is 8.89. The molecule has 1 aliphatic heterocycles. The molecule has 0 bridgehead atoms. The first kappa shape index (κ1) is 26.7. The Hall–Kier alpha value is -4.31. The molecule has 2 N–H and O–H groups in total. The van der Waals surface area contributed by atoms with Crippen LogP contribution in [0.2, 0.25) is 0 Å². The first-order chi connectivity index (χ1) is 18.4. The number of benzene rings is 3. The Morgan fingerprint density at radius 2 is 1.39 bits per heavy atom. The number of amides is 2. The van der Waals surface area contributed by atoms with Crippen molar-refractivity contribution in [2.45, 2.75) is 0 Å². The van der Waals surface area contributed by atoms with Gasteiger partial charge in [-0.15, -0.1) is 0 Å². The predicted octanol–water partition coefficient (Wildman–Crippen LogP) is 3.80. The van der Waals surface area contributed by atoms with Crippen molar-refractivity contribution in [1.29, 1.82) is 0 Å². The van der Waals surface area contributed by atoms with Gasteiger partial charge in [0, 0.05) is 37.3 Å². The van der Waals surface area contributed by atoms with Gasteiger partial charge in [0.15, 0.2) is 16.6 Å². The second kappa shape index (κ2) is 12.3. The highest BCUT2D eigenvalue weighted by atomic mass is 32.1. The number of thiocarbonyl (C=S) groups is 1. The van der Waals surface area contributed by atoms with E-state index in [0.717, 1.165) is 11.4 Å². The lowest BCUT2D eigenvalue weighted by atomic mass is 10.1. The zero-order valence-corrected chi connectivity index (χ0v) is 22.3. The third-order valence-electron chi connectivity index (χ3n) is 6.23. The molecule has 4 rings (SSSR count). The fourth-order valence-electron chi connectivity index (χ4n) is 4.31. The van der Waals surface area contributed by atoms with Crippen LogP contribution in [0.3, 0.4) is 0 Å². The van der Waals surface area contributed by atoms with Gasteiger partial charge in [0.1, 0.15) is 0 Å². The molecule has 1 aliphatic rings. The van der Waals surface area contributed by atoms with Crippen molar-refractivity contribution in [3.63, 3.8) is 0 Å². The molecule has 10 heteroatoms. The molecule has 3 aromatic carbocycles. The van der Waals surface area contributed by atoms with Crippen LogP contribution in [-0.4, -0.2) is 69.3 Å². The van der Waals surface area contributed by atoms with Crippen LogP contribution in [0.1, 0.15) is 20.7 Å². The fourth-order valence-corrected chi connectivity index (χ4v) is 4.51. The number of para-hydroxylation sites is 2. The number of rotatable bonds is 7. The summed E-state index contributed by atoms with van der Waals surface area (Å²) in [5, 5.41) is 6.00. The Labute approximate surface area is 227 Å². The third kappa shape index (κ3) is 5.97. The van der Waals surface area contributed by atoms with Crippen LogP contribution in [0.5, 0.6) is 17.2 Å². The number of anilines is 2. The summed E-state index contributed by atoms with van der Waals surface area (Å²) < 4.78 is 16.0. The van der Waals surface area contributed by atoms with Crippen molar-refractivity contribution in [2.24, 2.45) is 0 Å². The standard InChI is InChI=1S/C28H30N4O5S/c1-35-23-17-20(18-24(36-2)25(23)37-3)26(33)30-28(38)29-21-11-7-8-12-22(21)31-13-15-32(16-14-31)27(34)19-9-5-4-6-10-19/h4-12,17-18H,13-16H2,1-3H3,(H2,29,30,33,38). The van der Waals surface area contributed by atoms with Gasteiger partial charge in [-0.25, -0.2) is 0 Å².